The lowest BCUT2D eigenvalue weighted by Crippen LogP contribution is -2.03. The van der Waals surface area contributed by atoms with Crippen molar-refractivity contribution < 1.29 is 9.90 Å². The number of rotatable bonds is 0. The van der Waals surface area contributed by atoms with Crippen LogP contribution in [0.15, 0.2) is 18.5 Å². The average Bonchev–Trinajstić information content (AvgIpc) is 2.14. The molecular formula is C5H6N2O2. The standard InChI is InChI=1S/C5H6N2O2/c6-4-1-2-7(3-4)5(8)9/h1-3H,6H2,(H,8,9). The molecule has 1 rings (SSSR count). The first kappa shape index (κ1) is 5.68. The van der Waals surface area contributed by atoms with Crippen molar-refractivity contribution >= 4 is 11.8 Å². The quantitative estimate of drug-likeness (QED) is 0.534. The number of hydrogen-bond acceptors (Lipinski definition) is 2. The fraction of sp³-hybridized carbons (Fsp3) is 0. The van der Waals surface area contributed by atoms with E-state index in [1.54, 1.807) is 0 Å². The number of hydrogen-bond donors (Lipinski definition) is 2. The van der Waals surface area contributed by atoms with Gasteiger partial charge in [-0.3, -0.25) is 4.57 Å². The van der Waals surface area contributed by atoms with Gasteiger partial charge in [-0.2, -0.15) is 0 Å². The van der Waals surface area contributed by atoms with Crippen LogP contribution in [0.4, 0.5) is 10.5 Å². The second-order valence-electron chi connectivity index (χ2n) is 1.63. The van der Waals surface area contributed by atoms with Crippen molar-refractivity contribution in [1.29, 1.82) is 0 Å². The summed E-state index contributed by atoms with van der Waals surface area (Å²) >= 11 is 0. The normalized spacial score (nSPS) is 9.33. The molecule has 0 saturated carbocycles. The Balaban J connectivity index is 2.98. The molecule has 0 saturated heterocycles. The van der Waals surface area contributed by atoms with Gasteiger partial charge in [0, 0.05) is 18.1 Å². The van der Waals surface area contributed by atoms with Crippen LogP contribution in [0.1, 0.15) is 0 Å². The van der Waals surface area contributed by atoms with E-state index in [-0.39, 0.29) is 0 Å². The highest BCUT2D eigenvalue weighted by Crippen LogP contribution is 2.00. The van der Waals surface area contributed by atoms with Crippen molar-refractivity contribution in [2.75, 3.05) is 5.73 Å². The zero-order valence-corrected chi connectivity index (χ0v) is 4.61. The molecule has 0 bridgehead atoms. The molecule has 0 radical (unpaired) electrons. The number of anilines is 1. The predicted octanol–water partition coefficient (Wildman–Crippen LogP) is 0.596. The number of carboxylic acid groups (broad SMARTS) is 1. The summed E-state index contributed by atoms with van der Waals surface area (Å²) in [5.74, 6) is 0. The number of carbonyl (C=O) groups is 1. The SMILES string of the molecule is Nc1ccn(C(=O)O)c1. The summed E-state index contributed by atoms with van der Waals surface area (Å²) in [4.78, 5) is 10.1. The molecule has 1 aromatic heterocycles. The highest BCUT2D eigenvalue weighted by atomic mass is 16.4. The van der Waals surface area contributed by atoms with Crippen molar-refractivity contribution in [1.82, 2.24) is 4.57 Å². The maximum atomic E-state index is 10.1. The largest absolute Gasteiger partial charge is 0.464 e. The van der Waals surface area contributed by atoms with Crippen LogP contribution in [0.25, 0.3) is 0 Å². The molecule has 0 aliphatic heterocycles. The Morgan fingerprint density at radius 1 is 1.78 bits per heavy atom. The highest BCUT2D eigenvalue weighted by molar-refractivity contribution is 5.69. The lowest BCUT2D eigenvalue weighted by Gasteiger charge is -1.87. The van der Waals surface area contributed by atoms with E-state index in [0.717, 1.165) is 4.57 Å². The van der Waals surface area contributed by atoms with E-state index in [1.807, 2.05) is 0 Å². The molecular weight excluding hydrogens is 120 g/mol. The van der Waals surface area contributed by atoms with E-state index in [0.29, 0.717) is 5.69 Å². The number of nitrogen functional groups attached to an aromatic ring is 1. The van der Waals surface area contributed by atoms with Crippen molar-refractivity contribution in [3.8, 4) is 0 Å². The van der Waals surface area contributed by atoms with Crippen LogP contribution in [0.2, 0.25) is 0 Å². The molecule has 9 heavy (non-hydrogen) atoms. The van der Waals surface area contributed by atoms with Crippen LogP contribution in [0.3, 0.4) is 0 Å². The Hall–Kier alpha value is -1.45. The summed E-state index contributed by atoms with van der Waals surface area (Å²) in [6.07, 6.45) is 1.70. The van der Waals surface area contributed by atoms with Crippen LogP contribution in [0.5, 0.6) is 0 Å². The molecule has 0 unspecified atom stereocenters. The van der Waals surface area contributed by atoms with E-state index in [2.05, 4.69) is 0 Å². The van der Waals surface area contributed by atoms with Crippen LogP contribution in [-0.2, 0) is 0 Å². The van der Waals surface area contributed by atoms with E-state index >= 15 is 0 Å². The first-order valence-electron chi connectivity index (χ1n) is 2.37. The minimum Gasteiger partial charge on any atom is -0.464 e. The third-order valence-electron chi connectivity index (χ3n) is 0.937. The highest BCUT2D eigenvalue weighted by Gasteiger charge is 1.97. The van der Waals surface area contributed by atoms with Crippen molar-refractivity contribution in [2.24, 2.45) is 0 Å². The fourth-order valence-electron chi connectivity index (χ4n) is 0.532. The smallest absolute Gasteiger partial charge is 0.415 e. The molecule has 0 atom stereocenters. The molecule has 0 aliphatic rings. The van der Waals surface area contributed by atoms with Gasteiger partial charge in [-0.05, 0) is 6.07 Å². The predicted molar refractivity (Wildman–Crippen MR) is 32.3 cm³/mol. The van der Waals surface area contributed by atoms with Gasteiger partial charge in [0.2, 0.25) is 0 Å². The van der Waals surface area contributed by atoms with Gasteiger partial charge in [0.15, 0.2) is 0 Å². The maximum Gasteiger partial charge on any atom is 0.415 e. The molecule has 3 N–H and O–H groups in total. The zero-order valence-electron chi connectivity index (χ0n) is 4.61. The van der Waals surface area contributed by atoms with Gasteiger partial charge in [0.05, 0.1) is 0 Å². The zero-order chi connectivity index (χ0) is 6.85. The number of nitrogens with two attached hydrogens (primary N) is 1. The monoisotopic (exact) mass is 126 g/mol. The average molecular weight is 126 g/mol. The van der Waals surface area contributed by atoms with Crippen LogP contribution >= 0.6 is 0 Å². The molecule has 0 aliphatic carbocycles. The van der Waals surface area contributed by atoms with Gasteiger partial charge in [-0.25, -0.2) is 4.79 Å². The Morgan fingerprint density at radius 3 is 2.67 bits per heavy atom. The molecule has 4 nitrogen and oxygen atoms in total. The topological polar surface area (TPSA) is 68.2 Å². The fourth-order valence-corrected chi connectivity index (χ4v) is 0.532. The molecule has 0 amide bonds. The Kier molecular flexibility index (Phi) is 1.14. The van der Waals surface area contributed by atoms with Crippen molar-refractivity contribution in [3.63, 3.8) is 0 Å². The molecule has 1 heterocycles. The molecule has 48 valence electrons. The molecule has 1 aromatic rings. The lowest BCUT2D eigenvalue weighted by molar-refractivity contribution is 0.196. The van der Waals surface area contributed by atoms with Gasteiger partial charge in [0.1, 0.15) is 0 Å². The summed E-state index contributed by atoms with van der Waals surface area (Å²) in [5.41, 5.74) is 5.69. The van der Waals surface area contributed by atoms with Gasteiger partial charge < -0.3 is 10.8 Å². The summed E-state index contributed by atoms with van der Waals surface area (Å²) in [5, 5.41) is 8.31. The third-order valence-corrected chi connectivity index (χ3v) is 0.937. The Bertz CT molecular complexity index is 229. The van der Waals surface area contributed by atoms with Gasteiger partial charge in [0.25, 0.3) is 0 Å². The maximum absolute atomic E-state index is 10.1. The number of aromatic nitrogens is 1. The lowest BCUT2D eigenvalue weighted by atomic mass is 10.6. The van der Waals surface area contributed by atoms with Gasteiger partial charge in [-0.15, -0.1) is 0 Å². The van der Waals surface area contributed by atoms with Crippen LogP contribution in [-0.4, -0.2) is 15.8 Å². The van der Waals surface area contributed by atoms with Crippen molar-refractivity contribution in [2.45, 2.75) is 0 Å². The van der Waals surface area contributed by atoms with E-state index in [4.69, 9.17) is 10.8 Å². The van der Waals surface area contributed by atoms with Crippen LogP contribution < -0.4 is 5.73 Å². The summed E-state index contributed by atoms with van der Waals surface area (Å²) < 4.78 is 0.995. The third kappa shape index (κ3) is 1.02. The van der Waals surface area contributed by atoms with Gasteiger partial charge in [-0.1, -0.05) is 0 Å². The molecule has 0 fully saturated rings. The summed E-state index contributed by atoms with van der Waals surface area (Å²) in [6.45, 7) is 0. The molecule has 4 heteroatoms. The first-order chi connectivity index (χ1) is 4.20. The first-order valence-corrected chi connectivity index (χ1v) is 2.37. The van der Waals surface area contributed by atoms with E-state index in [9.17, 15) is 4.79 Å². The van der Waals surface area contributed by atoms with E-state index in [1.165, 1.54) is 18.5 Å². The minimum atomic E-state index is -1.02. The second kappa shape index (κ2) is 1.81. The molecule has 0 aromatic carbocycles. The summed E-state index contributed by atoms with van der Waals surface area (Å²) in [6, 6.07) is 1.52. The molecule has 0 spiro atoms. The van der Waals surface area contributed by atoms with Gasteiger partial charge >= 0.3 is 6.09 Å². The minimum absolute atomic E-state index is 0.456. The number of nitrogens with zero attached hydrogens (tertiary/aromatic N) is 1. The van der Waals surface area contributed by atoms with Crippen molar-refractivity contribution in [3.05, 3.63) is 18.5 Å². The second-order valence-corrected chi connectivity index (χ2v) is 1.63. The summed E-state index contributed by atoms with van der Waals surface area (Å²) in [7, 11) is 0. The Labute approximate surface area is 51.5 Å². The Morgan fingerprint density at radius 2 is 2.44 bits per heavy atom. The van der Waals surface area contributed by atoms with E-state index < -0.39 is 6.09 Å². The van der Waals surface area contributed by atoms with Crippen LogP contribution in [0, 0.1) is 0 Å².